The zero-order chi connectivity index (χ0) is 13.6. The lowest BCUT2D eigenvalue weighted by atomic mass is 10.2. The van der Waals surface area contributed by atoms with E-state index in [0.29, 0.717) is 13.0 Å². The maximum atomic E-state index is 11.1. The van der Waals surface area contributed by atoms with Crippen LogP contribution in [0.5, 0.6) is 0 Å². The van der Waals surface area contributed by atoms with Crippen LogP contribution in [0.15, 0.2) is 0 Å². The molecule has 0 aliphatic rings. The van der Waals surface area contributed by atoms with E-state index in [0.717, 1.165) is 26.0 Å². The van der Waals surface area contributed by atoms with Gasteiger partial charge in [-0.25, -0.2) is 0 Å². The molecule has 0 spiro atoms. The van der Waals surface area contributed by atoms with Crippen molar-refractivity contribution < 1.29 is 9.53 Å². The van der Waals surface area contributed by atoms with Crippen molar-refractivity contribution in [2.75, 3.05) is 19.8 Å². The van der Waals surface area contributed by atoms with Gasteiger partial charge in [0.25, 0.3) is 0 Å². The molecule has 108 valence electrons. The Morgan fingerprint density at radius 1 is 1.11 bits per heavy atom. The minimum absolute atomic E-state index is 0.245. The summed E-state index contributed by atoms with van der Waals surface area (Å²) in [7, 11) is 0. The molecule has 18 heavy (non-hydrogen) atoms. The Hall–Kier alpha value is -0.610. The SMILES string of the molecule is CCCCCCCOCCC(NCCC)C(N)=O. The van der Waals surface area contributed by atoms with Crippen molar-refractivity contribution in [1.29, 1.82) is 0 Å². The van der Waals surface area contributed by atoms with Crippen LogP contribution in [0, 0.1) is 0 Å². The highest BCUT2D eigenvalue weighted by atomic mass is 16.5. The largest absolute Gasteiger partial charge is 0.381 e. The normalized spacial score (nSPS) is 12.6. The summed E-state index contributed by atoms with van der Waals surface area (Å²) in [6.07, 6.45) is 7.90. The third-order valence-corrected chi connectivity index (χ3v) is 2.93. The van der Waals surface area contributed by atoms with Gasteiger partial charge in [0.1, 0.15) is 0 Å². The molecular weight excluding hydrogens is 228 g/mol. The summed E-state index contributed by atoms with van der Waals surface area (Å²) in [6, 6.07) is -0.245. The van der Waals surface area contributed by atoms with Gasteiger partial charge in [0.15, 0.2) is 0 Å². The zero-order valence-corrected chi connectivity index (χ0v) is 12.0. The van der Waals surface area contributed by atoms with Gasteiger partial charge in [-0.15, -0.1) is 0 Å². The van der Waals surface area contributed by atoms with Crippen LogP contribution in [-0.4, -0.2) is 31.7 Å². The van der Waals surface area contributed by atoms with E-state index in [4.69, 9.17) is 10.5 Å². The predicted octanol–water partition coefficient (Wildman–Crippen LogP) is 2.22. The Labute approximate surface area is 112 Å². The fraction of sp³-hybridized carbons (Fsp3) is 0.929. The molecule has 0 aliphatic heterocycles. The van der Waals surface area contributed by atoms with Crippen LogP contribution >= 0.6 is 0 Å². The van der Waals surface area contributed by atoms with Gasteiger partial charge in [0.2, 0.25) is 5.91 Å². The van der Waals surface area contributed by atoms with Crippen LogP contribution in [0.4, 0.5) is 0 Å². The number of nitrogens with one attached hydrogen (secondary N) is 1. The lowest BCUT2D eigenvalue weighted by Crippen LogP contribution is -2.42. The van der Waals surface area contributed by atoms with E-state index in [-0.39, 0.29) is 11.9 Å². The van der Waals surface area contributed by atoms with Crippen molar-refractivity contribution >= 4 is 5.91 Å². The number of amides is 1. The summed E-state index contributed by atoms with van der Waals surface area (Å²) in [5.74, 6) is -0.282. The first kappa shape index (κ1) is 17.4. The topological polar surface area (TPSA) is 64.3 Å². The van der Waals surface area contributed by atoms with E-state index in [1.165, 1.54) is 25.7 Å². The summed E-state index contributed by atoms with van der Waals surface area (Å²) in [5, 5.41) is 3.13. The molecule has 0 heterocycles. The molecule has 0 bridgehead atoms. The molecular formula is C14H30N2O2. The summed E-state index contributed by atoms with van der Waals surface area (Å²) in [5.41, 5.74) is 5.32. The zero-order valence-electron chi connectivity index (χ0n) is 12.0. The minimum atomic E-state index is -0.282. The standard InChI is InChI=1S/C14H30N2O2/c1-3-5-6-7-8-11-18-12-9-13(14(15)17)16-10-4-2/h13,16H,3-12H2,1-2H3,(H2,15,17). The Balaban J connectivity index is 3.40. The number of hydrogen-bond acceptors (Lipinski definition) is 3. The Morgan fingerprint density at radius 2 is 1.83 bits per heavy atom. The van der Waals surface area contributed by atoms with Crippen LogP contribution < -0.4 is 11.1 Å². The molecule has 4 nitrogen and oxygen atoms in total. The second-order valence-corrected chi connectivity index (χ2v) is 4.72. The first-order chi connectivity index (χ1) is 8.72. The second-order valence-electron chi connectivity index (χ2n) is 4.72. The molecule has 0 rings (SSSR count). The van der Waals surface area contributed by atoms with Crippen LogP contribution in [0.25, 0.3) is 0 Å². The van der Waals surface area contributed by atoms with Crippen molar-refractivity contribution in [3.05, 3.63) is 0 Å². The van der Waals surface area contributed by atoms with Gasteiger partial charge in [-0.05, 0) is 25.8 Å². The number of hydrogen-bond donors (Lipinski definition) is 2. The van der Waals surface area contributed by atoms with E-state index in [1.807, 2.05) is 0 Å². The van der Waals surface area contributed by atoms with Crippen LogP contribution in [0.1, 0.15) is 58.8 Å². The van der Waals surface area contributed by atoms with Gasteiger partial charge in [0, 0.05) is 13.2 Å². The van der Waals surface area contributed by atoms with Gasteiger partial charge in [-0.3, -0.25) is 4.79 Å². The van der Waals surface area contributed by atoms with E-state index in [2.05, 4.69) is 19.2 Å². The number of carbonyl (C=O) groups excluding carboxylic acids is 1. The average molecular weight is 258 g/mol. The minimum Gasteiger partial charge on any atom is -0.381 e. The quantitative estimate of drug-likeness (QED) is 0.498. The maximum absolute atomic E-state index is 11.1. The lowest BCUT2D eigenvalue weighted by Gasteiger charge is -2.14. The van der Waals surface area contributed by atoms with Crippen molar-refractivity contribution in [1.82, 2.24) is 5.32 Å². The van der Waals surface area contributed by atoms with Crippen molar-refractivity contribution in [2.45, 2.75) is 64.8 Å². The first-order valence-corrected chi connectivity index (χ1v) is 7.32. The van der Waals surface area contributed by atoms with Gasteiger partial charge in [-0.2, -0.15) is 0 Å². The molecule has 1 unspecified atom stereocenters. The van der Waals surface area contributed by atoms with E-state index in [1.54, 1.807) is 0 Å². The summed E-state index contributed by atoms with van der Waals surface area (Å²) >= 11 is 0. The summed E-state index contributed by atoms with van der Waals surface area (Å²) in [4.78, 5) is 11.1. The molecule has 0 saturated carbocycles. The molecule has 3 N–H and O–H groups in total. The Morgan fingerprint density at radius 3 is 2.44 bits per heavy atom. The molecule has 0 aromatic rings. The molecule has 4 heteroatoms. The molecule has 0 aliphatic carbocycles. The smallest absolute Gasteiger partial charge is 0.234 e. The van der Waals surface area contributed by atoms with Gasteiger partial charge < -0.3 is 15.8 Å². The van der Waals surface area contributed by atoms with Crippen LogP contribution in [0.3, 0.4) is 0 Å². The number of rotatable bonds is 13. The summed E-state index contributed by atoms with van der Waals surface area (Å²) in [6.45, 7) is 6.51. The van der Waals surface area contributed by atoms with Crippen LogP contribution in [-0.2, 0) is 9.53 Å². The Kier molecular flexibility index (Phi) is 12.4. The number of nitrogens with two attached hydrogens (primary N) is 1. The van der Waals surface area contributed by atoms with E-state index in [9.17, 15) is 4.79 Å². The van der Waals surface area contributed by atoms with E-state index < -0.39 is 0 Å². The summed E-state index contributed by atoms with van der Waals surface area (Å²) < 4.78 is 5.53. The highest BCUT2D eigenvalue weighted by Crippen LogP contribution is 2.02. The second kappa shape index (κ2) is 12.8. The molecule has 0 radical (unpaired) electrons. The predicted molar refractivity (Wildman–Crippen MR) is 75.5 cm³/mol. The fourth-order valence-electron chi connectivity index (χ4n) is 1.77. The average Bonchev–Trinajstić information content (AvgIpc) is 2.35. The van der Waals surface area contributed by atoms with Crippen molar-refractivity contribution in [3.63, 3.8) is 0 Å². The van der Waals surface area contributed by atoms with Crippen molar-refractivity contribution in [2.24, 2.45) is 5.73 Å². The van der Waals surface area contributed by atoms with Crippen LogP contribution in [0.2, 0.25) is 0 Å². The van der Waals surface area contributed by atoms with Gasteiger partial charge in [-0.1, -0.05) is 39.5 Å². The highest BCUT2D eigenvalue weighted by molar-refractivity contribution is 5.79. The molecule has 1 amide bonds. The molecule has 1 atom stereocenters. The third kappa shape index (κ3) is 10.5. The Bertz CT molecular complexity index is 198. The van der Waals surface area contributed by atoms with Crippen molar-refractivity contribution in [3.8, 4) is 0 Å². The van der Waals surface area contributed by atoms with Gasteiger partial charge in [0.05, 0.1) is 6.04 Å². The maximum Gasteiger partial charge on any atom is 0.234 e. The third-order valence-electron chi connectivity index (χ3n) is 2.93. The number of unbranched alkanes of at least 4 members (excludes halogenated alkanes) is 4. The molecule has 0 aromatic carbocycles. The first-order valence-electron chi connectivity index (χ1n) is 7.32. The number of primary amides is 1. The highest BCUT2D eigenvalue weighted by Gasteiger charge is 2.13. The monoisotopic (exact) mass is 258 g/mol. The number of ether oxygens (including phenoxy) is 1. The lowest BCUT2D eigenvalue weighted by molar-refractivity contribution is -0.120. The molecule has 0 saturated heterocycles. The van der Waals surface area contributed by atoms with E-state index >= 15 is 0 Å². The molecule has 0 fully saturated rings. The molecule has 0 aromatic heterocycles. The fourth-order valence-corrected chi connectivity index (χ4v) is 1.77. The number of carbonyl (C=O) groups is 1. The van der Waals surface area contributed by atoms with Gasteiger partial charge >= 0.3 is 0 Å².